The Bertz CT molecular complexity index is 4610. The van der Waals surface area contributed by atoms with Crippen molar-refractivity contribution in [2.75, 3.05) is 0 Å². The van der Waals surface area contributed by atoms with E-state index < -0.39 is 5.41 Å². The highest BCUT2D eigenvalue weighted by Gasteiger charge is 2.47. The van der Waals surface area contributed by atoms with E-state index in [1.807, 2.05) is 42.9 Å². The van der Waals surface area contributed by atoms with Gasteiger partial charge in [0.25, 0.3) is 0 Å². The summed E-state index contributed by atoms with van der Waals surface area (Å²) < 4.78 is 17.5. The van der Waals surface area contributed by atoms with Crippen LogP contribution in [0.15, 0.2) is 234 Å². The van der Waals surface area contributed by atoms with Crippen molar-refractivity contribution in [2.24, 2.45) is 0 Å². The Morgan fingerprint density at radius 1 is 0.338 bits per heavy atom. The molecule has 1 aliphatic rings. The maximum absolute atomic E-state index is 6.35. The van der Waals surface area contributed by atoms with Crippen LogP contribution in [0.3, 0.4) is 0 Å². The Kier molecular flexibility index (Phi) is 7.69. The minimum Gasteiger partial charge on any atom is -0.454 e. The van der Waals surface area contributed by atoms with Crippen LogP contribution >= 0.6 is 0 Å². The monoisotopic (exact) mass is 907 g/mol. The molecule has 0 unspecified atom stereocenters. The maximum atomic E-state index is 6.35. The van der Waals surface area contributed by atoms with Gasteiger partial charge in [0, 0.05) is 67.8 Å². The van der Waals surface area contributed by atoms with Gasteiger partial charge in [-0.1, -0.05) is 91.0 Å². The van der Waals surface area contributed by atoms with Crippen LogP contribution in [0, 0.1) is 0 Å². The summed E-state index contributed by atoms with van der Waals surface area (Å²) in [6.07, 6.45) is 5.58. The van der Waals surface area contributed by atoms with Crippen molar-refractivity contribution < 1.29 is 8.83 Å². The first-order chi connectivity index (χ1) is 35.2. The van der Waals surface area contributed by atoms with Crippen LogP contribution in [-0.4, -0.2) is 24.1 Å². The number of rotatable bonds is 5. The molecule has 0 bridgehead atoms. The van der Waals surface area contributed by atoms with Gasteiger partial charge < -0.3 is 18.0 Å². The first kappa shape index (κ1) is 38.4. The van der Waals surface area contributed by atoms with Crippen LogP contribution in [0.5, 0.6) is 0 Å². The quantitative estimate of drug-likeness (QED) is 0.172. The summed E-state index contributed by atoms with van der Waals surface area (Å²) in [5.74, 6) is 0. The molecule has 7 heteroatoms. The van der Waals surface area contributed by atoms with Crippen LogP contribution in [0.1, 0.15) is 22.3 Å². The first-order valence-corrected chi connectivity index (χ1v) is 24.0. The van der Waals surface area contributed by atoms with Crippen molar-refractivity contribution in [2.45, 2.75) is 5.41 Å². The van der Waals surface area contributed by atoms with Gasteiger partial charge in [-0.3, -0.25) is 15.0 Å². The molecule has 0 spiro atoms. The van der Waals surface area contributed by atoms with Crippen molar-refractivity contribution in [3.05, 3.63) is 247 Å². The second kappa shape index (κ2) is 14.2. The first-order valence-electron chi connectivity index (χ1n) is 24.0. The molecule has 0 amide bonds. The van der Waals surface area contributed by atoms with Crippen LogP contribution in [0.25, 0.3) is 122 Å². The molecule has 0 aliphatic heterocycles. The van der Waals surface area contributed by atoms with E-state index in [2.05, 4.69) is 191 Å². The van der Waals surface area contributed by atoms with E-state index in [9.17, 15) is 0 Å². The van der Waals surface area contributed by atoms with Crippen molar-refractivity contribution in [1.82, 2.24) is 24.1 Å². The Morgan fingerprint density at radius 2 is 0.873 bits per heavy atom. The molecule has 16 rings (SSSR count). The molecular formula is C64H37N5O2. The minimum atomic E-state index is -0.777. The van der Waals surface area contributed by atoms with E-state index in [-0.39, 0.29) is 0 Å². The third-order valence-corrected chi connectivity index (χ3v) is 15.1. The van der Waals surface area contributed by atoms with E-state index in [1.54, 1.807) is 0 Å². The van der Waals surface area contributed by atoms with Gasteiger partial charge in [-0.05, 0) is 149 Å². The number of pyridine rings is 3. The zero-order chi connectivity index (χ0) is 46.4. The van der Waals surface area contributed by atoms with E-state index in [1.165, 1.54) is 43.7 Å². The summed E-state index contributed by atoms with van der Waals surface area (Å²) in [6.45, 7) is 0. The average Bonchev–Trinajstić information content (AvgIpc) is 4.24. The van der Waals surface area contributed by atoms with Gasteiger partial charge in [0.2, 0.25) is 0 Å². The van der Waals surface area contributed by atoms with Crippen LogP contribution in [0.2, 0.25) is 0 Å². The fourth-order valence-corrected chi connectivity index (χ4v) is 12.2. The van der Waals surface area contributed by atoms with Gasteiger partial charge in [0.15, 0.2) is 11.2 Å². The molecule has 330 valence electrons. The van der Waals surface area contributed by atoms with E-state index in [0.717, 1.165) is 100 Å². The van der Waals surface area contributed by atoms with Crippen molar-refractivity contribution in [3.63, 3.8) is 0 Å². The van der Waals surface area contributed by atoms with Gasteiger partial charge in [0.05, 0.1) is 33.2 Å². The zero-order valence-corrected chi connectivity index (χ0v) is 37.9. The van der Waals surface area contributed by atoms with Gasteiger partial charge >= 0.3 is 0 Å². The molecule has 0 atom stereocenters. The summed E-state index contributed by atoms with van der Waals surface area (Å²) >= 11 is 0. The molecule has 8 aromatic carbocycles. The van der Waals surface area contributed by atoms with Gasteiger partial charge in [-0.15, -0.1) is 0 Å². The Balaban J connectivity index is 0.903. The predicted molar refractivity (Wildman–Crippen MR) is 286 cm³/mol. The van der Waals surface area contributed by atoms with Crippen LogP contribution in [-0.2, 0) is 5.41 Å². The number of benzene rings is 8. The highest BCUT2D eigenvalue weighted by Crippen LogP contribution is 2.57. The molecular weight excluding hydrogens is 871 g/mol. The summed E-state index contributed by atoms with van der Waals surface area (Å²) in [7, 11) is 0. The lowest BCUT2D eigenvalue weighted by Crippen LogP contribution is -2.28. The predicted octanol–water partition coefficient (Wildman–Crippen LogP) is 15.9. The summed E-state index contributed by atoms with van der Waals surface area (Å²) in [4.78, 5) is 14.8. The number of hydrogen-bond donors (Lipinski definition) is 0. The standard InChI is InChI=1S/C64H37N5O2/c1-2-11-42(12-3-1)68-53-16-6-4-13-44(53)46-33-38(20-26-55(46)68)39-21-27-56-47(34-39)45-14-5-7-17-54(45)69(56)43-24-25-51-48(37-43)61-52(15-8-30-65-61)64(51,40-22-28-57-49(35-40)62-59(70-57)18-9-31-66-62)41-23-29-58-50(36-41)63-60(71-58)19-10-32-67-63/h1-37H. The van der Waals surface area contributed by atoms with Crippen LogP contribution in [0.4, 0.5) is 0 Å². The number of furan rings is 2. The Hall–Kier alpha value is -9.59. The number of hydrogen-bond acceptors (Lipinski definition) is 5. The smallest absolute Gasteiger partial charge is 0.153 e. The van der Waals surface area contributed by atoms with Gasteiger partial charge in [-0.25, -0.2) is 0 Å². The lowest BCUT2D eigenvalue weighted by atomic mass is 9.67. The second-order valence-electron chi connectivity index (χ2n) is 18.7. The van der Waals surface area contributed by atoms with E-state index in [4.69, 9.17) is 23.8 Å². The topological polar surface area (TPSA) is 74.8 Å². The highest BCUT2D eigenvalue weighted by atomic mass is 16.3. The third kappa shape index (κ3) is 5.24. The number of para-hydroxylation sites is 3. The molecule has 0 radical (unpaired) electrons. The molecule has 7 heterocycles. The second-order valence-corrected chi connectivity index (χ2v) is 18.7. The minimum absolute atomic E-state index is 0.760. The van der Waals surface area contributed by atoms with Crippen molar-refractivity contribution in [1.29, 1.82) is 0 Å². The summed E-state index contributed by atoms with van der Waals surface area (Å²) in [6, 6.07) is 74.2. The normalized spacial score (nSPS) is 13.2. The summed E-state index contributed by atoms with van der Waals surface area (Å²) in [5.41, 5.74) is 19.7. The SMILES string of the molecule is c1ccc(-n2c3ccccc3c3cc(-c4ccc5c(c4)c4ccccc4n5-c4ccc5c(c4)-c4ncccc4C5(c4ccc5oc6cccnc6c5c4)c4ccc5oc6cccnc6c5c4)ccc32)cc1. The highest BCUT2D eigenvalue weighted by molar-refractivity contribution is 6.13. The molecule has 0 saturated heterocycles. The van der Waals surface area contributed by atoms with E-state index >= 15 is 0 Å². The maximum Gasteiger partial charge on any atom is 0.153 e. The average molecular weight is 908 g/mol. The van der Waals surface area contributed by atoms with Crippen molar-refractivity contribution in [3.8, 4) is 33.8 Å². The molecule has 0 saturated carbocycles. The lowest BCUT2D eigenvalue weighted by molar-refractivity contribution is 0.667. The number of fused-ring (bicyclic) bond motifs is 15. The van der Waals surface area contributed by atoms with Gasteiger partial charge in [0.1, 0.15) is 22.2 Å². The third-order valence-electron chi connectivity index (χ3n) is 15.1. The lowest BCUT2D eigenvalue weighted by Gasteiger charge is -2.33. The molecule has 71 heavy (non-hydrogen) atoms. The zero-order valence-electron chi connectivity index (χ0n) is 37.9. The molecule has 7 nitrogen and oxygen atoms in total. The Labute approximate surface area is 405 Å². The summed E-state index contributed by atoms with van der Waals surface area (Å²) in [5, 5.41) is 6.80. The van der Waals surface area contributed by atoms with E-state index in [0.29, 0.717) is 0 Å². The van der Waals surface area contributed by atoms with Gasteiger partial charge in [-0.2, -0.15) is 0 Å². The number of nitrogens with zero attached hydrogens (tertiary/aromatic N) is 5. The largest absolute Gasteiger partial charge is 0.454 e. The Morgan fingerprint density at radius 3 is 1.49 bits per heavy atom. The fourth-order valence-electron chi connectivity index (χ4n) is 12.2. The number of aromatic nitrogens is 5. The molecule has 0 fully saturated rings. The molecule has 15 aromatic rings. The van der Waals surface area contributed by atoms with Crippen LogP contribution < -0.4 is 0 Å². The van der Waals surface area contributed by atoms with Crippen molar-refractivity contribution >= 4 is 87.7 Å². The molecule has 1 aliphatic carbocycles. The molecule has 7 aromatic heterocycles. The fraction of sp³-hybridized carbons (Fsp3) is 0.0156. The molecule has 0 N–H and O–H groups in total.